The quantitative estimate of drug-likeness (QED) is 0.839. The molecule has 114 valence electrons. The molecule has 0 spiro atoms. The molecule has 1 aromatic rings. The van der Waals surface area contributed by atoms with Crippen molar-refractivity contribution in [2.45, 2.75) is 51.1 Å². The van der Waals surface area contributed by atoms with Crippen molar-refractivity contribution in [2.24, 2.45) is 5.41 Å². The maximum Gasteiger partial charge on any atom is 0.259 e. The number of carbonyl (C=O) groups is 1. The van der Waals surface area contributed by atoms with E-state index in [9.17, 15) is 18.0 Å². The topological polar surface area (TPSA) is 33.2 Å². The molecule has 1 amide bonds. The zero-order valence-electron chi connectivity index (χ0n) is 11.9. The molecule has 0 saturated carbocycles. The van der Waals surface area contributed by atoms with E-state index < -0.39 is 23.1 Å². The molecule has 2 aliphatic heterocycles. The minimum Gasteiger partial charge on any atom is -0.332 e. The summed E-state index contributed by atoms with van der Waals surface area (Å²) < 4.78 is 41.0. The Morgan fingerprint density at radius 3 is 2.71 bits per heavy atom. The van der Waals surface area contributed by atoms with Crippen LogP contribution in [0.5, 0.6) is 0 Å². The summed E-state index contributed by atoms with van der Waals surface area (Å²) in [5.74, 6) is -4.09. The Morgan fingerprint density at radius 2 is 2.10 bits per heavy atom. The monoisotopic (exact) mass is 298 g/mol. The molecule has 2 saturated heterocycles. The molecule has 3 heterocycles. The van der Waals surface area contributed by atoms with E-state index in [-0.39, 0.29) is 18.5 Å². The van der Waals surface area contributed by atoms with Crippen molar-refractivity contribution in [1.29, 1.82) is 0 Å². The van der Waals surface area contributed by atoms with Gasteiger partial charge in [-0.15, -0.1) is 0 Å². The van der Waals surface area contributed by atoms with Crippen molar-refractivity contribution < 1.29 is 18.0 Å². The lowest BCUT2D eigenvalue weighted by molar-refractivity contribution is -0.156. The lowest BCUT2D eigenvalue weighted by Crippen LogP contribution is -2.44. The van der Waals surface area contributed by atoms with Gasteiger partial charge in [0, 0.05) is 19.2 Å². The predicted molar refractivity (Wildman–Crippen MR) is 70.1 cm³/mol. The van der Waals surface area contributed by atoms with Crippen LogP contribution in [0.15, 0.2) is 18.5 Å². The van der Waals surface area contributed by atoms with Crippen molar-refractivity contribution >= 4 is 5.91 Å². The fourth-order valence-electron chi connectivity index (χ4n) is 3.54. The van der Waals surface area contributed by atoms with Gasteiger partial charge < -0.3 is 4.90 Å². The first-order valence-corrected chi connectivity index (χ1v) is 7.05. The van der Waals surface area contributed by atoms with Crippen molar-refractivity contribution in [2.75, 3.05) is 0 Å². The van der Waals surface area contributed by atoms with E-state index in [1.807, 2.05) is 0 Å². The highest BCUT2D eigenvalue weighted by Crippen LogP contribution is 2.54. The number of pyridine rings is 1. The Hall–Kier alpha value is -1.59. The number of hydrogen-bond acceptors (Lipinski definition) is 2. The lowest BCUT2D eigenvalue weighted by atomic mass is 9.80. The van der Waals surface area contributed by atoms with Gasteiger partial charge in [0.1, 0.15) is 11.2 Å². The summed E-state index contributed by atoms with van der Waals surface area (Å²) >= 11 is 0. The van der Waals surface area contributed by atoms with Crippen LogP contribution in [-0.4, -0.2) is 27.8 Å². The molecule has 0 N–H and O–H groups in total. The van der Waals surface area contributed by atoms with E-state index in [4.69, 9.17) is 0 Å². The van der Waals surface area contributed by atoms with Gasteiger partial charge in [-0.05, 0) is 37.8 Å². The summed E-state index contributed by atoms with van der Waals surface area (Å²) in [4.78, 5) is 17.9. The van der Waals surface area contributed by atoms with E-state index in [2.05, 4.69) is 4.98 Å². The predicted octanol–water partition coefficient (Wildman–Crippen LogP) is 3.32. The number of hydrogen-bond donors (Lipinski definition) is 0. The van der Waals surface area contributed by atoms with E-state index >= 15 is 0 Å². The van der Waals surface area contributed by atoms with E-state index in [1.54, 1.807) is 0 Å². The Labute approximate surface area is 121 Å². The zero-order valence-corrected chi connectivity index (χ0v) is 11.9. The molecule has 2 aliphatic rings. The summed E-state index contributed by atoms with van der Waals surface area (Å²) in [6.07, 6.45) is 4.06. The zero-order chi connectivity index (χ0) is 15.4. The smallest absolute Gasteiger partial charge is 0.259 e. The first kappa shape index (κ1) is 14.4. The highest BCUT2D eigenvalue weighted by Gasteiger charge is 2.62. The van der Waals surface area contributed by atoms with Crippen LogP contribution >= 0.6 is 0 Å². The number of amides is 1. The molecule has 2 fully saturated rings. The largest absolute Gasteiger partial charge is 0.332 e. The molecule has 3 nitrogen and oxygen atoms in total. The van der Waals surface area contributed by atoms with Crippen LogP contribution in [0.4, 0.5) is 13.2 Å². The standard InChI is InChI=1S/C15H17F3N2O/c1-14(15(2,17)18)6-11-3-4-12(20(11)13(14)21)9-5-10(16)8-19-7-9/h5,7-8,11-12H,3-4,6H2,1-2H3/t11-,12+,14+/m1/s1. The molecule has 0 bridgehead atoms. The molecule has 0 radical (unpaired) electrons. The Kier molecular flexibility index (Phi) is 3.04. The number of nitrogens with zero attached hydrogens (tertiary/aromatic N) is 2. The molecular weight excluding hydrogens is 281 g/mol. The maximum atomic E-state index is 13.8. The third-order valence-corrected chi connectivity index (χ3v) is 4.93. The lowest BCUT2D eigenvalue weighted by Gasteiger charge is -2.31. The summed E-state index contributed by atoms with van der Waals surface area (Å²) in [5.41, 5.74) is -1.09. The molecule has 1 aromatic heterocycles. The van der Waals surface area contributed by atoms with Crippen LogP contribution in [0, 0.1) is 11.2 Å². The van der Waals surface area contributed by atoms with Crippen LogP contribution in [0.1, 0.15) is 44.7 Å². The molecule has 3 atom stereocenters. The molecule has 3 rings (SSSR count). The number of halogens is 3. The average Bonchev–Trinajstić information content (AvgIpc) is 2.89. The minimum absolute atomic E-state index is 0.147. The molecular formula is C15H17F3N2O. The van der Waals surface area contributed by atoms with Crippen LogP contribution < -0.4 is 0 Å². The van der Waals surface area contributed by atoms with Crippen molar-refractivity contribution in [3.63, 3.8) is 0 Å². The second-order valence-electron chi connectivity index (χ2n) is 6.32. The number of carbonyl (C=O) groups excluding carboxylic acids is 1. The van der Waals surface area contributed by atoms with Crippen molar-refractivity contribution in [1.82, 2.24) is 9.88 Å². The number of fused-ring (bicyclic) bond motifs is 1. The normalized spacial score (nSPS) is 32.6. The fourth-order valence-corrected chi connectivity index (χ4v) is 3.54. The van der Waals surface area contributed by atoms with Crippen LogP contribution in [0.2, 0.25) is 0 Å². The number of aromatic nitrogens is 1. The molecule has 21 heavy (non-hydrogen) atoms. The van der Waals surface area contributed by atoms with Crippen molar-refractivity contribution in [3.05, 3.63) is 29.8 Å². The van der Waals surface area contributed by atoms with E-state index in [0.29, 0.717) is 18.4 Å². The molecule has 0 aromatic carbocycles. The highest BCUT2D eigenvalue weighted by molar-refractivity contribution is 5.87. The van der Waals surface area contributed by atoms with Gasteiger partial charge in [0.2, 0.25) is 5.91 Å². The summed E-state index contributed by atoms with van der Waals surface area (Å²) in [7, 11) is 0. The van der Waals surface area contributed by atoms with Gasteiger partial charge in [-0.25, -0.2) is 13.2 Å². The number of rotatable bonds is 2. The molecule has 6 heteroatoms. The van der Waals surface area contributed by atoms with E-state index in [0.717, 1.165) is 13.1 Å². The second kappa shape index (κ2) is 4.45. The van der Waals surface area contributed by atoms with Gasteiger partial charge in [-0.1, -0.05) is 0 Å². The third kappa shape index (κ3) is 2.03. The fraction of sp³-hybridized carbons (Fsp3) is 0.600. The molecule has 0 aliphatic carbocycles. The Bertz CT molecular complexity index is 587. The Balaban J connectivity index is 1.95. The van der Waals surface area contributed by atoms with Crippen LogP contribution in [0.25, 0.3) is 0 Å². The first-order chi connectivity index (χ1) is 9.74. The van der Waals surface area contributed by atoms with Gasteiger partial charge in [-0.2, -0.15) is 0 Å². The van der Waals surface area contributed by atoms with Gasteiger partial charge in [0.05, 0.1) is 12.2 Å². The summed E-state index contributed by atoms with van der Waals surface area (Å²) in [6.45, 7) is 2.13. The van der Waals surface area contributed by atoms with E-state index in [1.165, 1.54) is 24.1 Å². The first-order valence-electron chi connectivity index (χ1n) is 7.05. The SMILES string of the molecule is CC(F)(F)[C@@]1(C)C[C@H]2CC[C@@H](c3cncc(F)c3)N2C1=O. The summed E-state index contributed by atoms with van der Waals surface area (Å²) in [6, 6.07) is 0.782. The minimum atomic E-state index is -3.07. The summed E-state index contributed by atoms with van der Waals surface area (Å²) in [5, 5.41) is 0. The van der Waals surface area contributed by atoms with Gasteiger partial charge >= 0.3 is 0 Å². The number of alkyl halides is 2. The van der Waals surface area contributed by atoms with Gasteiger partial charge in [0.15, 0.2) is 0 Å². The Morgan fingerprint density at radius 1 is 1.38 bits per heavy atom. The third-order valence-electron chi connectivity index (χ3n) is 4.93. The van der Waals surface area contributed by atoms with Crippen LogP contribution in [-0.2, 0) is 4.79 Å². The average molecular weight is 298 g/mol. The second-order valence-corrected chi connectivity index (χ2v) is 6.32. The van der Waals surface area contributed by atoms with Crippen LogP contribution in [0.3, 0.4) is 0 Å². The van der Waals surface area contributed by atoms with Gasteiger partial charge in [-0.3, -0.25) is 9.78 Å². The molecule has 0 unspecified atom stereocenters. The maximum absolute atomic E-state index is 13.8. The highest BCUT2D eigenvalue weighted by atomic mass is 19.3. The van der Waals surface area contributed by atoms with Crippen molar-refractivity contribution in [3.8, 4) is 0 Å². The van der Waals surface area contributed by atoms with Gasteiger partial charge in [0.25, 0.3) is 5.92 Å².